The number of para-hydroxylation sites is 1. The Labute approximate surface area is 124 Å². The van der Waals surface area contributed by atoms with Crippen molar-refractivity contribution >= 4 is 11.6 Å². The van der Waals surface area contributed by atoms with E-state index in [1.807, 2.05) is 0 Å². The minimum atomic E-state index is -0.493. The number of hydrogen-bond acceptors (Lipinski definition) is 4. The van der Waals surface area contributed by atoms with Gasteiger partial charge in [-0.15, -0.1) is 0 Å². The van der Waals surface area contributed by atoms with Gasteiger partial charge in [-0.05, 0) is 23.8 Å². The predicted octanol–water partition coefficient (Wildman–Crippen LogP) is 3.83. The summed E-state index contributed by atoms with van der Waals surface area (Å²) in [5.41, 5.74) is 0.815. The molecule has 0 fully saturated rings. The number of phenols is 1. The van der Waals surface area contributed by atoms with Crippen LogP contribution in [0.25, 0.3) is 11.5 Å². The molecule has 1 heterocycles. The normalized spacial score (nSPS) is 10.8. The van der Waals surface area contributed by atoms with Crippen LogP contribution in [0.15, 0.2) is 47.0 Å². The molecule has 106 valence electrons. The minimum Gasteiger partial charge on any atom is -0.507 e. The Morgan fingerprint density at radius 1 is 1.14 bits per heavy atom. The van der Waals surface area contributed by atoms with Crippen molar-refractivity contribution in [2.75, 3.05) is 0 Å². The second-order valence-corrected chi connectivity index (χ2v) is 4.83. The van der Waals surface area contributed by atoms with E-state index in [0.717, 1.165) is 0 Å². The van der Waals surface area contributed by atoms with Crippen molar-refractivity contribution in [3.05, 3.63) is 64.7 Å². The molecule has 0 saturated heterocycles. The van der Waals surface area contributed by atoms with Gasteiger partial charge in [0.05, 0.1) is 10.6 Å². The molecule has 0 aliphatic heterocycles. The molecule has 0 atom stereocenters. The van der Waals surface area contributed by atoms with E-state index < -0.39 is 5.82 Å². The zero-order valence-electron chi connectivity index (χ0n) is 10.8. The first-order chi connectivity index (χ1) is 10.1. The monoisotopic (exact) mass is 304 g/mol. The van der Waals surface area contributed by atoms with E-state index in [4.69, 9.17) is 16.1 Å². The van der Waals surface area contributed by atoms with E-state index in [9.17, 15) is 9.50 Å². The van der Waals surface area contributed by atoms with Gasteiger partial charge in [-0.2, -0.15) is 4.98 Å². The van der Waals surface area contributed by atoms with Crippen LogP contribution in [0.5, 0.6) is 5.75 Å². The summed E-state index contributed by atoms with van der Waals surface area (Å²) in [4.78, 5) is 4.16. The highest BCUT2D eigenvalue weighted by Gasteiger charge is 2.14. The third-order valence-electron chi connectivity index (χ3n) is 2.98. The van der Waals surface area contributed by atoms with Crippen molar-refractivity contribution in [3.8, 4) is 17.2 Å². The summed E-state index contributed by atoms with van der Waals surface area (Å²) < 4.78 is 18.9. The lowest BCUT2D eigenvalue weighted by Gasteiger charge is -2.00. The SMILES string of the molecule is Oc1ccccc1-c1nc(Cc2cccc(Cl)c2F)no1. The van der Waals surface area contributed by atoms with Crippen LogP contribution < -0.4 is 0 Å². The van der Waals surface area contributed by atoms with Crippen molar-refractivity contribution in [3.63, 3.8) is 0 Å². The summed E-state index contributed by atoms with van der Waals surface area (Å²) in [5, 5.41) is 13.6. The molecule has 0 radical (unpaired) electrons. The molecule has 0 amide bonds. The summed E-state index contributed by atoms with van der Waals surface area (Å²) in [7, 11) is 0. The average molecular weight is 305 g/mol. The summed E-state index contributed by atoms with van der Waals surface area (Å²) in [5.74, 6) is 0.0506. The van der Waals surface area contributed by atoms with Crippen molar-refractivity contribution in [1.29, 1.82) is 0 Å². The first-order valence-electron chi connectivity index (χ1n) is 6.19. The third kappa shape index (κ3) is 2.73. The molecule has 0 bridgehead atoms. The first kappa shape index (κ1) is 13.6. The largest absolute Gasteiger partial charge is 0.507 e. The van der Waals surface area contributed by atoms with Gasteiger partial charge in [0.2, 0.25) is 0 Å². The molecule has 4 nitrogen and oxygen atoms in total. The number of rotatable bonds is 3. The minimum absolute atomic E-state index is 0.0432. The van der Waals surface area contributed by atoms with E-state index in [2.05, 4.69) is 10.1 Å². The maximum atomic E-state index is 13.8. The van der Waals surface area contributed by atoms with Crippen LogP contribution in [0.1, 0.15) is 11.4 Å². The van der Waals surface area contributed by atoms with Gasteiger partial charge in [-0.25, -0.2) is 4.39 Å². The fourth-order valence-electron chi connectivity index (χ4n) is 1.94. The molecule has 6 heteroatoms. The Morgan fingerprint density at radius 3 is 2.76 bits per heavy atom. The molecule has 3 rings (SSSR count). The first-order valence-corrected chi connectivity index (χ1v) is 6.57. The topological polar surface area (TPSA) is 59.2 Å². The molecule has 3 aromatic rings. The predicted molar refractivity (Wildman–Crippen MR) is 75.6 cm³/mol. The molecule has 1 aromatic heterocycles. The number of halogens is 2. The standard InChI is InChI=1S/C15H10ClFN2O2/c16-11-6-3-4-9(14(11)17)8-13-18-15(21-19-13)10-5-1-2-7-12(10)20/h1-7,20H,8H2. The van der Waals surface area contributed by atoms with Crippen LogP contribution in [0.4, 0.5) is 4.39 Å². The number of hydrogen-bond donors (Lipinski definition) is 1. The van der Waals surface area contributed by atoms with Gasteiger partial charge in [0, 0.05) is 6.42 Å². The van der Waals surface area contributed by atoms with Gasteiger partial charge in [-0.1, -0.05) is 41.0 Å². The molecular weight excluding hydrogens is 295 g/mol. The summed E-state index contributed by atoms with van der Waals surface area (Å²) in [6, 6.07) is 11.4. The van der Waals surface area contributed by atoms with Gasteiger partial charge in [-0.3, -0.25) is 0 Å². The fourth-order valence-corrected chi connectivity index (χ4v) is 2.14. The van der Waals surface area contributed by atoms with Crippen LogP contribution >= 0.6 is 11.6 Å². The number of benzene rings is 2. The Kier molecular flexibility index (Phi) is 3.58. The van der Waals surface area contributed by atoms with Crippen LogP contribution in [0.3, 0.4) is 0 Å². The Balaban J connectivity index is 1.89. The molecule has 1 N–H and O–H groups in total. The smallest absolute Gasteiger partial charge is 0.261 e. The molecule has 0 saturated carbocycles. The van der Waals surface area contributed by atoms with Crippen molar-refractivity contribution in [2.45, 2.75) is 6.42 Å². The molecule has 0 spiro atoms. The third-order valence-corrected chi connectivity index (χ3v) is 3.27. The highest BCUT2D eigenvalue weighted by Crippen LogP contribution is 2.27. The highest BCUT2D eigenvalue weighted by molar-refractivity contribution is 6.30. The van der Waals surface area contributed by atoms with Gasteiger partial charge in [0.25, 0.3) is 5.89 Å². The summed E-state index contributed by atoms with van der Waals surface area (Å²) in [6.45, 7) is 0. The van der Waals surface area contributed by atoms with Crippen LogP contribution in [-0.4, -0.2) is 15.2 Å². The lowest BCUT2D eigenvalue weighted by atomic mass is 10.1. The van der Waals surface area contributed by atoms with Gasteiger partial charge in [0.1, 0.15) is 11.6 Å². The molecule has 0 aliphatic rings. The Morgan fingerprint density at radius 2 is 1.95 bits per heavy atom. The van der Waals surface area contributed by atoms with E-state index >= 15 is 0 Å². The van der Waals surface area contributed by atoms with Crippen LogP contribution in [-0.2, 0) is 6.42 Å². The number of phenolic OH excluding ortho intramolecular Hbond substituents is 1. The van der Waals surface area contributed by atoms with Gasteiger partial charge >= 0.3 is 0 Å². The molecule has 2 aromatic carbocycles. The number of aromatic nitrogens is 2. The summed E-state index contributed by atoms with van der Waals surface area (Å²) >= 11 is 5.73. The molecular formula is C15H10ClFN2O2. The highest BCUT2D eigenvalue weighted by atomic mass is 35.5. The average Bonchev–Trinajstić information content (AvgIpc) is 2.93. The van der Waals surface area contributed by atoms with Crippen molar-refractivity contribution in [1.82, 2.24) is 10.1 Å². The van der Waals surface area contributed by atoms with E-state index in [1.165, 1.54) is 12.1 Å². The quantitative estimate of drug-likeness (QED) is 0.799. The second-order valence-electron chi connectivity index (χ2n) is 4.42. The number of aromatic hydroxyl groups is 1. The molecule has 0 unspecified atom stereocenters. The zero-order chi connectivity index (χ0) is 14.8. The maximum Gasteiger partial charge on any atom is 0.261 e. The van der Waals surface area contributed by atoms with Crippen LogP contribution in [0.2, 0.25) is 5.02 Å². The molecule has 21 heavy (non-hydrogen) atoms. The fraction of sp³-hybridized carbons (Fsp3) is 0.0667. The van der Waals surface area contributed by atoms with Gasteiger partial charge < -0.3 is 9.63 Å². The Hall–Kier alpha value is -2.40. The van der Waals surface area contributed by atoms with Crippen molar-refractivity contribution in [2.24, 2.45) is 0 Å². The van der Waals surface area contributed by atoms with E-state index in [1.54, 1.807) is 30.3 Å². The number of nitrogens with zero attached hydrogens (tertiary/aromatic N) is 2. The van der Waals surface area contributed by atoms with Gasteiger partial charge in [0.15, 0.2) is 5.82 Å². The second kappa shape index (κ2) is 5.54. The maximum absolute atomic E-state index is 13.8. The lowest BCUT2D eigenvalue weighted by molar-refractivity contribution is 0.418. The van der Waals surface area contributed by atoms with E-state index in [-0.39, 0.29) is 23.1 Å². The molecule has 0 aliphatic carbocycles. The van der Waals surface area contributed by atoms with Crippen LogP contribution in [0, 0.1) is 5.82 Å². The Bertz CT molecular complexity index is 789. The van der Waals surface area contributed by atoms with E-state index in [0.29, 0.717) is 17.0 Å². The lowest BCUT2D eigenvalue weighted by Crippen LogP contribution is -1.95. The summed E-state index contributed by atoms with van der Waals surface area (Å²) in [6.07, 6.45) is 0.156. The van der Waals surface area contributed by atoms with Crippen molar-refractivity contribution < 1.29 is 14.0 Å². The zero-order valence-corrected chi connectivity index (χ0v) is 11.5.